The van der Waals surface area contributed by atoms with E-state index < -0.39 is 22.9 Å². The molecule has 1 aliphatic heterocycles. The average molecular weight is 254 g/mol. The Bertz CT molecular complexity index is 618. The van der Waals surface area contributed by atoms with Gasteiger partial charge in [0.15, 0.2) is 5.69 Å². The summed E-state index contributed by atoms with van der Waals surface area (Å²) in [5.74, 6) is -2.15. The summed E-state index contributed by atoms with van der Waals surface area (Å²) in [5.41, 5.74) is 6.27. The van der Waals surface area contributed by atoms with Gasteiger partial charge in [-0.3, -0.25) is 14.2 Å². The van der Waals surface area contributed by atoms with E-state index in [1.807, 2.05) is 0 Å². The molecule has 0 atom stereocenters. The zero-order valence-corrected chi connectivity index (χ0v) is 9.80. The van der Waals surface area contributed by atoms with Gasteiger partial charge >= 0.3 is 5.91 Å². The molecule has 0 fully saturated rings. The number of quaternary nitrogens is 1. The van der Waals surface area contributed by atoms with Crippen molar-refractivity contribution in [1.29, 1.82) is 0 Å². The largest absolute Gasteiger partial charge is 0.501 e. The van der Waals surface area contributed by atoms with E-state index in [4.69, 9.17) is 5.73 Å². The molecule has 0 bridgehead atoms. The molecule has 9 heteroatoms. The molecule has 4 N–H and O–H groups in total. The third-order valence-electron chi connectivity index (χ3n) is 2.68. The van der Waals surface area contributed by atoms with Crippen LogP contribution in [0.4, 0.5) is 5.95 Å². The lowest BCUT2D eigenvalue weighted by molar-refractivity contribution is -0.793. The van der Waals surface area contributed by atoms with E-state index in [0.29, 0.717) is 0 Å². The number of likely N-dealkylation sites (N-methyl/N-ethyl adjacent to an activating group) is 1. The van der Waals surface area contributed by atoms with Crippen LogP contribution in [0.15, 0.2) is 4.79 Å². The molecule has 2 amide bonds. The molecular weight excluding hydrogens is 242 g/mol. The first-order valence-electron chi connectivity index (χ1n) is 5.03. The molecule has 0 radical (unpaired) electrons. The Morgan fingerprint density at radius 1 is 1.50 bits per heavy atom. The lowest BCUT2D eigenvalue weighted by Gasteiger charge is -2.32. The van der Waals surface area contributed by atoms with Crippen LogP contribution in [0.1, 0.15) is 10.5 Å². The van der Waals surface area contributed by atoms with Gasteiger partial charge in [-0.25, -0.2) is 9.78 Å². The number of aromatic nitrogens is 2. The lowest BCUT2D eigenvalue weighted by atomic mass is 10.3. The van der Waals surface area contributed by atoms with Crippen LogP contribution in [-0.4, -0.2) is 45.2 Å². The Morgan fingerprint density at radius 2 is 2.11 bits per heavy atom. The van der Waals surface area contributed by atoms with Crippen molar-refractivity contribution in [2.45, 2.75) is 6.54 Å². The molecule has 96 valence electrons. The van der Waals surface area contributed by atoms with E-state index in [2.05, 4.69) is 10.4 Å². The summed E-state index contributed by atoms with van der Waals surface area (Å²) in [4.78, 5) is 38.3. The van der Waals surface area contributed by atoms with Gasteiger partial charge in [0.1, 0.15) is 6.54 Å². The molecule has 0 saturated carbocycles. The minimum atomic E-state index is -1.02. The van der Waals surface area contributed by atoms with Gasteiger partial charge in [-0.1, -0.05) is 0 Å². The summed E-state index contributed by atoms with van der Waals surface area (Å²) < 4.78 is 0.725. The highest BCUT2D eigenvalue weighted by atomic mass is 16.3. The monoisotopic (exact) mass is 254 g/mol. The standard InChI is InChI=1S/C9H11N5O4/c1-14(2)4(15)3-13-8(18)6(16)5(7(10)17)11-9(13)12-14/h3H2,1-2H3,(H3-,10,11,12,16,17,18)/p+1. The first-order chi connectivity index (χ1) is 8.24. The van der Waals surface area contributed by atoms with E-state index in [-0.39, 0.29) is 23.0 Å². The zero-order valence-electron chi connectivity index (χ0n) is 9.80. The van der Waals surface area contributed by atoms with Crippen LogP contribution < -0.4 is 16.7 Å². The van der Waals surface area contributed by atoms with Crippen molar-refractivity contribution in [3.8, 4) is 5.75 Å². The minimum absolute atomic E-state index is 0.0104. The number of hydrogen-bond donors (Lipinski definition) is 3. The fraction of sp³-hybridized carbons (Fsp3) is 0.333. The Morgan fingerprint density at radius 3 is 2.67 bits per heavy atom. The van der Waals surface area contributed by atoms with Crippen molar-refractivity contribution in [2.75, 3.05) is 19.5 Å². The minimum Gasteiger partial charge on any atom is -0.501 e. The maximum absolute atomic E-state index is 11.8. The van der Waals surface area contributed by atoms with Crippen LogP contribution in [0.5, 0.6) is 5.75 Å². The number of fused-ring (bicyclic) bond motifs is 1. The molecule has 2 rings (SSSR count). The third-order valence-corrected chi connectivity index (χ3v) is 2.68. The SMILES string of the molecule is C[N+]1(C)Nc2nc(C(N)=O)c(O)c(=O)n2CC1=O. The van der Waals surface area contributed by atoms with Gasteiger partial charge in [-0.15, -0.1) is 0 Å². The second-order valence-electron chi connectivity index (χ2n) is 4.35. The van der Waals surface area contributed by atoms with E-state index in [1.54, 1.807) is 14.1 Å². The van der Waals surface area contributed by atoms with Crippen molar-refractivity contribution in [3.63, 3.8) is 0 Å². The van der Waals surface area contributed by atoms with Crippen molar-refractivity contribution < 1.29 is 19.3 Å². The van der Waals surface area contributed by atoms with Gasteiger partial charge in [0.2, 0.25) is 5.75 Å². The summed E-state index contributed by atoms with van der Waals surface area (Å²) in [5, 5.41) is 9.50. The molecule has 2 heterocycles. The Hall–Kier alpha value is -2.42. The predicted octanol–water partition coefficient (Wildman–Crippen LogP) is -2.01. The molecule has 0 aromatic carbocycles. The van der Waals surface area contributed by atoms with Crippen LogP contribution >= 0.6 is 0 Å². The number of hydrogen-bond acceptors (Lipinski definition) is 6. The number of amides is 2. The Kier molecular flexibility index (Phi) is 2.37. The highest BCUT2D eigenvalue weighted by Crippen LogP contribution is 2.18. The summed E-state index contributed by atoms with van der Waals surface area (Å²) in [7, 11) is 3.13. The average Bonchev–Trinajstić information content (AvgIpc) is 2.26. The van der Waals surface area contributed by atoms with E-state index in [1.165, 1.54) is 0 Å². The number of primary amides is 1. The highest BCUT2D eigenvalue weighted by molar-refractivity contribution is 5.93. The number of carbonyl (C=O) groups is 2. The topological polar surface area (TPSA) is 127 Å². The van der Waals surface area contributed by atoms with Gasteiger partial charge in [0.25, 0.3) is 17.4 Å². The third kappa shape index (κ3) is 1.61. The summed E-state index contributed by atoms with van der Waals surface area (Å²) in [6.07, 6.45) is 0. The molecular formula is C9H12N5O4+. The maximum atomic E-state index is 11.8. The van der Waals surface area contributed by atoms with Crippen molar-refractivity contribution in [1.82, 2.24) is 9.55 Å². The second kappa shape index (κ2) is 3.53. The van der Waals surface area contributed by atoms with Gasteiger partial charge < -0.3 is 10.8 Å². The summed E-state index contributed by atoms with van der Waals surface area (Å²) in [6.45, 7) is -0.242. The maximum Gasteiger partial charge on any atom is 0.357 e. The molecule has 0 saturated heterocycles. The Balaban J connectivity index is 2.69. The number of carbonyl (C=O) groups excluding carboxylic acids is 2. The van der Waals surface area contributed by atoms with Gasteiger partial charge in [0, 0.05) is 0 Å². The van der Waals surface area contributed by atoms with Crippen LogP contribution in [0.2, 0.25) is 0 Å². The molecule has 1 aromatic heterocycles. The van der Waals surface area contributed by atoms with Crippen molar-refractivity contribution >= 4 is 17.8 Å². The van der Waals surface area contributed by atoms with Gasteiger partial charge in [0.05, 0.1) is 14.1 Å². The smallest absolute Gasteiger partial charge is 0.357 e. The number of anilines is 1. The van der Waals surface area contributed by atoms with Crippen LogP contribution in [0.3, 0.4) is 0 Å². The highest BCUT2D eigenvalue weighted by Gasteiger charge is 2.36. The second-order valence-corrected chi connectivity index (χ2v) is 4.35. The zero-order chi connectivity index (χ0) is 13.7. The van der Waals surface area contributed by atoms with Crippen molar-refractivity contribution in [3.05, 3.63) is 16.0 Å². The first-order valence-corrected chi connectivity index (χ1v) is 5.03. The van der Waals surface area contributed by atoms with Crippen LogP contribution in [0.25, 0.3) is 0 Å². The molecule has 0 spiro atoms. The van der Waals surface area contributed by atoms with E-state index in [0.717, 1.165) is 4.57 Å². The molecule has 1 aliphatic rings. The normalized spacial score (nSPS) is 16.9. The van der Waals surface area contributed by atoms with Crippen LogP contribution in [-0.2, 0) is 11.3 Å². The molecule has 1 aromatic rings. The molecule has 0 unspecified atom stereocenters. The number of aromatic hydroxyl groups is 1. The number of nitrogens with zero attached hydrogens (tertiary/aromatic N) is 3. The number of nitrogens with two attached hydrogens (primary N) is 1. The first kappa shape index (κ1) is 12.0. The summed E-state index contributed by atoms with van der Waals surface area (Å²) >= 11 is 0. The number of rotatable bonds is 1. The lowest BCUT2D eigenvalue weighted by Crippen LogP contribution is -2.57. The van der Waals surface area contributed by atoms with Gasteiger partial charge in [-0.05, 0) is 0 Å². The Labute approximate surface area is 101 Å². The number of nitrogens with one attached hydrogen (secondary N) is 1. The quantitative estimate of drug-likeness (QED) is 0.497. The van der Waals surface area contributed by atoms with Crippen LogP contribution in [0, 0.1) is 0 Å². The fourth-order valence-corrected chi connectivity index (χ4v) is 1.57. The van der Waals surface area contributed by atoms with Gasteiger partial charge in [-0.2, -0.15) is 10.0 Å². The predicted molar refractivity (Wildman–Crippen MR) is 59.4 cm³/mol. The molecule has 9 nitrogen and oxygen atoms in total. The van der Waals surface area contributed by atoms with E-state index >= 15 is 0 Å². The summed E-state index contributed by atoms with van der Waals surface area (Å²) in [6, 6.07) is 0. The van der Waals surface area contributed by atoms with E-state index in [9.17, 15) is 19.5 Å². The molecule has 0 aliphatic carbocycles. The van der Waals surface area contributed by atoms with Crippen molar-refractivity contribution in [2.24, 2.45) is 5.73 Å². The fourth-order valence-electron chi connectivity index (χ4n) is 1.57. The molecule has 18 heavy (non-hydrogen) atoms.